The molecule has 2 rings (SSSR count). The third-order valence-electron chi connectivity index (χ3n) is 2.01. The van der Waals surface area contributed by atoms with Crippen LogP contribution in [0.15, 0.2) is 22.8 Å². The second-order valence-corrected chi connectivity index (χ2v) is 3.81. The Balaban J connectivity index is 0.000000396. The second kappa shape index (κ2) is 4.15. The van der Waals surface area contributed by atoms with E-state index in [0.29, 0.717) is 7.18 Å². The number of hydrogen-bond acceptors (Lipinski definition) is 2. The van der Waals surface area contributed by atoms with E-state index in [9.17, 15) is 4.39 Å². The van der Waals surface area contributed by atoms with Gasteiger partial charge >= 0.3 is 0 Å². The molecule has 1 aromatic heterocycles. The molecule has 0 bridgehead atoms. The highest BCUT2D eigenvalue weighted by Gasteiger charge is 2.41. The van der Waals surface area contributed by atoms with E-state index < -0.39 is 0 Å². The molecule has 2 N–H and O–H groups in total. The fourth-order valence-corrected chi connectivity index (χ4v) is 1.42. The van der Waals surface area contributed by atoms with Crippen LogP contribution in [0.5, 0.6) is 0 Å². The summed E-state index contributed by atoms with van der Waals surface area (Å²) in [5.74, 6) is 0. The second-order valence-electron chi connectivity index (χ2n) is 3.00. The van der Waals surface area contributed by atoms with E-state index in [1.54, 1.807) is 0 Å². The van der Waals surface area contributed by atoms with Crippen LogP contribution in [0, 0.1) is 0 Å². The highest BCUT2D eigenvalue weighted by molar-refractivity contribution is 9.10. The number of aromatic nitrogens is 1. The van der Waals surface area contributed by atoms with Gasteiger partial charge in [0.25, 0.3) is 0 Å². The third-order valence-corrected chi connectivity index (χ3v) is 2.46. The predicted molar refractivity (Wildman–Crippen MR) is 54.1 cm³/mol. The molecule has 0 aliphatic heterocycles. The lowest BCUT2D eigenvalue weighted by Crippen LogP contribution is -2.20. The Morgan fingerprint density at radius 2 is 2.08 bits per heavy atom. The molecule has 0 saturated heterocycles. The summed E-state index contributed by atoms with van der Waals surface area (Å²) < 4.78 is 10.4. The van der Waals surface area contributed by atoms with Crippen molar-refractivity contribution in [1.29, 1.82) is 0 Å². The molecular weight excluding hydrogens is 235 g/mol. The number of nitrogens with two attached hydrogens (primary N) is 1. The summed E-state index contributed by atoms with van der Waals surface area (Å²) in [6.45, 7) is 0. The standard InChI is InChI=1S/C8H9BrN2.CH3F/c9-7-3-1-2-6(11-7)8(10)4-5-8;1-2/h1-3H,4-5,10H2;1H3. The van der Waals surface area contributed by atoms with Crippen LogP contribution in [0.2, 0.25) is 0 Å². The molecule has 2 nitrogen and oxygen atoms in total. The summed E-state index contributed by atoms with van der Waals surface area (Å²) in [7, 11) is 0.500. The predicted octanol–water partition coefficient (Wildman–Crippen LogP) is 2.38. The van der Waals surface area contributed by atoms with Crippen LogP contribution in [-0.4, -0.2) is 12.2 Å². The molecule has 0 unspecified atom stereocenters. The van der Waals surface area contributed by atoms with Gasteiger partial charge in [-0.3, -0.25) is 4.39 Å². The lowest BCUT2D eigenvalue weighted by Gasteiger charge is -2.06. The minimum absolute atomic E-state index is 0.107. The Labute approximate surface area is 85.5 Å². The SMILES string of the molecule is CF.NC1(c2cccc(Br)n2)CC1. The van der Waals surface area contributed by atoms with Crippen LogP contribution in [0.25, 0.3) is 0 Å². The van der Waals surface area contributed by atoms with Crippen molar-refractivity contribution in [2.24, 2.45) is 5.73 Å². The molecule has 72 valence electrons. The van der Waals surface area contributed by atoms with Gasteiger partial charge in [0.2, 0.25) is 0 Å². The summed E-state index contributed by atoms with van der Waals surface area (Å²) >= 11 is 3.32. The van der Waals surface area contributed by atoms with Crippen molar-refractivity contribution in [1.82, 2.24) is 4.98 Å². The molecule has 0 radical (unpaired) electrons. The maximum atomic E-state index is 9.50. The number of alkyl halides is 1. The minimum Gasteiger partial charge on any atom is -0.320 e. The van der Waals surface area contributed by atoms with Crippen molar-refractivity contribution in [3.05, 3.63) is 28.5 Å². The van der Waals surface area contributed by atoms with Crippen LogP contribution in [0.1, 0.15) is 18.5 Å². The highest BCUT2D eigenvalue weighted by Crippen LogP contribution is 2.41. The van der Waals surface area contributed by atoms with E-state index in [4.69, 9.17) is 5.73 Å². The van der Waals surface area contributed by atoms with E-state index in [1.165, 1.54) is 0 Å². The quantitative estimate of drug-likeness (QED) is 0.774. The Kier molecular flexibility index (Phi) is 3.39. The normalized spacial score (nSPS) is 17.2. The molecule has 0 spiro atoms. The van der Waals surface area contributed by atoms with Gasteiger partial charge in [-0.05, 0) is 40.9 Å². The number of rotatable bonds is 1. The molecule has 0 atom stereocenters. The monoisotopic (exact) mass is 246 g/mol. The van der Waals surface area contributed by atoms with Crippen molar-refractivity contribution in [2.45, 2.75) is 18.4 Å². The minimum atomic E-state index is -0.107. The molecule has 1 aromatic rings. The Bertz CT molecular complexity index is 287. The number of hydrogen-bond donors (Lipinski definition) is 1. The lowest BCUT2D eigenvalue weighted by atomic mass is 10.2. The van der Waals surface area contributed by atoms with Crippen molar-refractivity contribution >= 4 is 15.9 Å². The van der Waals surface area contributed by atoms with Gasteiger partial charge in [0.1, 0.15) is 4.60 Å². The molecule has 0 aromatic carbocycles. The summed E-state index contributed by atoms with van der Waals surface area (Å²) in [6, 6.07) is 5.87. The number of nitrogens with zero attached hydrogens (tertiary/aromatic N) is 1. The fraction of sp³-hybridized carbons (Fsp3) is 0.444. The van der Waals surface area contributed by atoms with Gasteiger partial charge in [-0.15, -0.1) is 0 Å². The summed E-state index contributed by atoms with van der Waals surface area (Å²) in [5.41, 5.74) is 6.85. The number of halogens is 2. The molecule has 1 saturated carbocycles. The van der Waals surface area contributed by atoms with E-state index in [0.717, 1.165) is 23.1 Å². The van der Waals surface area contributed by atoms with Gasteiger partial charge in [-0.1, -0.05) is 6.07 Å². The number of pyridine rings is 1. The molecule has 13 heavy (non-hydrogen) atoms. The maximum absolute atomic E-state index is 9.50. The molecule has 1 fully saturated rings. The van der Waals surface area contributed by atoms with Crippen LogP contribution in [0.4, 0.5) is 4.39 Å². The smallest absolute Gasteiger partial charge is 0.106 e. The first-order valence-electron chi connectivity index (χ1n) is 4.00. The van der Waals surface area contributed by atoms with Crippen LogP contribution in [0.3, 0.4) is 0 Å². The average molecular weight is 247 g/mol. The van der Waals surface area contributed by atoms with Crippen LogP contribution >= 0.6 is 15.9 Å². The Hall–Kier alpha value is -0.480. The lowest BCUT2D eigenvalue weighted by molar-refractivity contribution is 0.636. The van der Waals surface area contributed by atoms with E-state index in [2.05, 4.69) is 20.9 Å². The van der Waals surface area contributed by atoms with E-state index in [1.807, 2.05) is 18.2 Å². The molecular formula is C9H12BrFN2. The van der Waals surface area contributed by atoms with Gasteiger partial charge in [0, 0.05) is 0 Å². The topological polar surface area (TPSA) is 38.9 Å². The molecule has 1 heterocycles. The van der Waals surface area contributed by atoms with E-state index in [-0.39, 0.29) is 5.54 Å². The first-order valence-corrected chi connectivity index (χ1v) is 4.80. The molecule has 1 aliphatic carbocycles. The van der Waals surface area contributed by atoms with Crippen molar-refractivity contribution in [3.63, 3.8) is 0 Å². The maximum Gasteiger partial charge on any atom is 0.106 e. The Morgan fingerprint density at radius 1 is 1.46 bits per heavy atom. The van der Waals surface area contributed by atoms with Crippen LogP contribution in [-0.2, 0) is 5.54 Å². The fourth-order valence-electron chi connectivity index (χ4n) is 1.08. The van der Waals surface area contributed by atoms with Gasteiger partial charge in [-0.25, -0.2) is 4.98 Å². The van der Waals surface area contributed by atoms with Crippen LogP contribution < -0.4 is 5.73 Å². The Morgan fingerprint density at radius 3 is 2.54 bits per heavy atom. The van der Waals surface area contributed by atoms with Gasteiger partial charge < -0.3 is 5.73 Å². The highest BCUT2D eigenvalue weighted by atomic mass is 79.9. The molecule has 1 aliphatic rings. The average Bonchev–Trinajstić information content (AvgIpc) is 2.89. The van der Waals surface area contributed by atoms with Gasteiger partial charge in [0.05, 0.1) is 18.4 Å². The van der Waals surface area contributed by atoms with Gasteiger partial charge in [-0.2, -0.15) is 0 Å². The van der Waals surface area contributed by atoms with Gasteiger partial charge in [0.15, 0.2) is 0 Å². The summed E-state index contributed by atoms with van der Waals surface area (Å²) in [6.07, 6.45) is 2.13. The first kappa shape index (κ1) is 10.6. The summed E-state index contributed by atoms with van der Waals surface area (Å²) in [4.78, 5) is 4.30. The molecule has 0 amide bonds. The zero-order valence-electron chi connectivity index (χ0n) is 7.43. The summed E-state index contributed by atoms with van der Waals surface area (Å²) in [5, 5.41) is 0. The zero-order valence-corrected chi connectivity index (χ0v) is 9.01. The first-order chi connectivity index (χ1) is 6.21. The van der Waals surface area contributed by atoms with Crippen molar-refractivity contribution < 1.29 is 4.39 Å². The third kappa shape index (κ3) is 2.48. The van der Waals surface area contributed by atoms with E-state index >= 15 is 0 Å². The van der Waals surface area contributed by atoms with Crippen molar-refractivity contribution in [2.75, 3.05) is 7.18 Å². The zero-order chi connectivity index (χ0) is 9.90. The largest absolute Gasteiger partial charge is 0.320 e. The molecule has 4 heteroatoms. The van der Waals surface area contributed by atoms with Crippen molar-refractivity contribution in [3.8, 4) is 0 Å².